The molecule has 1 heterocycles. The summed E-state index contributed by atoms with van der Waals surface area (Å²) in [7, 11) is 1.76. The summed E-state index contributed by atoms with van der Waals surface area (Å²) < 4.78 is 15.2. The highest BCUT2D eigenvalue weighted by Gasteiger charge is 2.18. The van der Waals surface area contributed by atoms with Gasteiger partial charge in [-0.05, 0) is 25.1 Å². The van der Waals surface area contributed by atoms with Gasteiger partial charge in [0.25, 0.3) is 5.91 Å². The van der Waals surface area contributed by atoms with E-state index in [2.05, 4.69) is 15.5 Å². The van der Waals surface area contributed by atoms with Crippen LogP contribution in [-0.2, 0) is 7.05 Å². The molecule has 0 spiro atoms. The number of halogens is 1. The van der Waals surface area contributed by atoms with Crippen LogP contribution in [0.1, 0.15) is 29.1 Å². The fraction of sp³-hybridized carbons (Fsp3) is 0.250. The van der Waals surface area contributed by atoms with Crippen LogP contribution >= 0.6 is 0 Å². The first-order chi connectivity index (χ1) is 8.99. The molecule has 3 N–H and O–H groups in total. The van der Waals surface area contributed by atoms with Gasteiger partial charge in [0.05, 0.1) is 11.6 Å². The van der Waals surface area contributed by atoms with Gasteiger partial charge in [-0.3, -0.25) is 4.79 Å². The van der Waals surface area contributed by atoms with Gasteiger partial charge in [0.15, 0.2) is 5.82 Å². The van der Waals surface area contributed by atoms with Gasteiger partial charge in [0, 0.05) is 12.7 Å². The highest BCUT2D eigenvalue weighted by molar-refractivity contribution is 5.95. The van der Waals surface area contributed by atoms with Crippen molar-refractivity contribution in [1.29, 1.82) is 0 Å². The number of amides is 1. The molecule has 0 saturated heterocycles. The van der Waals surface area contributed by atoms with Gasteiger partial charge >= 0.3 is 0 Å². The van der Waals surface area contributed by atoms with Crippen LogP contribution in [0.2, 0.25) is 0 Å². The van der Waals surface area contributed by atoms with Crippen molar-refractivity contribution in [3.05, 3.63) is 41.7 Å². The Hall–Kier alpha value is -2.44. The number of aromatic nitrogens is 3. The largest absolute Gasteiger partial charge is 0.399 e. The maximum Gasteiger partial charge on any atom is 0.254 e. The first-order valence-electron chi connectivity index (χ1n) is 5.69. The minimum absolute atomic E-state index is 0.0889. The molecule has 2 aromatic rings. The molecule has 0 fully saturated rings. The summed E-state index contributed by atoms with van der Waals surface area (Å²) in [5, 5.41) is 10.3. The molecule has 2 rings (SSSR count). The van der Waals surface area contributed by atoms with Gasteiger partial charge in [0.1, 0.15) is 12.1 Å². The third-order valence-corrected chi connectivity index (χ3v) is 2.72. The Morgan fingerprint density at radius 1 is 1.53 bits per heavy atom. The van der Waals surface area contributed by atoms with E-state index >= 15 is 0 Å². The summed E-state index contributed by atoms with van der Waals surface area (Å²) in [5.41, 5.74) is 5.78. The Balaban J connectivity index is 2.17. The lowest BCUT2D eigenvalue weighted by molar-refractivity contribution is 0.0933. The van der Waals surface area contributed by atoms with Crippen LogP contribution < -0.4 is 11.1 Å². The molecule has 100 valence electrons. The zero-order valence-corrected chi connectivity index (χ0v) is 10.6. The zero-order valence-electron chi connectivity index (χ0n) is 10.6. The average molecular weight is 263 g/mol. The Labute approximate surface area is 109 Å². The second-order valence-electron chi connectivity index (χ2n) is 4.23. The van der Waals surface area contributed by atoms with E-state index in [9.17, 15) is 9.18 Å². The first-order valence-corrected chi connectivity index (χ1v) is 5.69. The quantitative estimate of drug-likeness (QED) is 0.810. The molecule has 0 saturated carbocycles. The van der Waals surface area contributed by atoms with E-state index in [0.29, 0.717) is 11.5 Å². The summed E-state index contributed by atoms with van der Waals surface area (Å²) in [5.74, 6) is -0.574. The normalized spacial score (nSPS) is 12.2. The molecule has 0 aliphatic rings. The maximum absolute atomic E-state index is 13.5. The van der Waals surface area contributed by atoms with Crippen LogP contribution in [-0.4, -0.2) is 20.7 Å². The van der Waals surface area contributed by atoms with E-state index in [1.165, 1.54) is 18.5 Å². The molecular formula is C12H14FN5O. The molecule has 0 bridgehead atoms. The second kappa shape index (κ2) is 5.05. The molecule has 0 aliphatic heterocycles. The monoisotopic (exact) mass is 263 g/mol. The van der Waals surface area contributed by atoms with E-state index in [4.69, 9.17) is 5.73 Å². The Morgan fingerprint density at radius 2 is 2.26 bits per heavy atom. The van der Waals surface area contributed by atoms with Crippen LogP contribution in [0.4, 0.5) is 10.1 Å². The maximum atomic E-state index is 13.5. The van der Waals surface area contributed by atoms with Gasteiger partial charge < -0.3 is 15.6 Å². The van der Waals surface area contributed by atoms with Crippen molar-refractivity contribution in [2.75, 3.05) is 5.73 Å². The van der Waals surface area contributed by atoms with Gasteiger partial charge in [0.2, 0.25) is 0 Å². The smallest absolute Gasteiger partial charge is 0.254 e. The fourth-order valence-electron chi connectivity index (χ4n) is 1.74. The van der Waals surface area contributed by atoms with E-state index in [1.54, 1.807) is 18.5 Å². The van der Waals surface area contributed by atoms with Crippen molar-refractivity contribution < 1.29 is 9.18 Å². The van der Waals surface area contributed by atoms with Crippen molar-refractivity contribution in [1.82, 2.24) is 20.1 Å². The number of carbonyl (C=O) groups is 1. The second-order valence-corrected chi connectivity index (χ2v) is 4.23. The lowest BCUT2D eigenvalue weighted by Gasteiger charge is -2.13. The Kier molecular flexibility index (Phi) is 3.46. The average Bonchev–Trinajstić information content (AvgIpc) is 2.78. The van der Waals surface area contributed by atoms with Crippen molar-refractivity contribution in [3.8, 4) is 0 Å². The van der Waals surface area contributed by atoms with E-state index in [0.717, 1.165) is 6.07 Å². The molecule has 0 aliphatic carbocycles. The minimum atomic E-state index is -0.614. The molecular weight excluding hydrogens is 249 g/mol. The van der Waals surface area contributed by atoms with Crippen LogP contribution in [0.5, 0.6) is 0 Å². The number of benzene rings is 1. The molecule has 0 radical (unpaired) electrons. The number of nitrogen functional groups attached to an aromatic ring is 1. The Bertz CT molecular complexity index is 610. The van der Waals surface area contributed by atoms with E-state index in [1.807, 2.05) is 0 Å². The zero-order chi connectivity index (χ0) is 14.0. The minimum Gasteiger partial charge on any atom is -0.399 e. The number of nitrogens with one attached hydrogen (secondary N) is 1. The molecule has 19 heavy (non-hydrogen) atoms. The number of hydrogen-bond donors (Lipinski definition) is 2. The molecule has 7 heteroatoms. The molecule has 1 aromatic carbocycles. The van der Waals surface area contributed by atoms with Gasteiger partial charge in [-0.25, -0.2) is 4.39 Å². The standard InChI is InChI=1S/C12H14FN5O/c1-7(11-17-15-6-18(11)2)16-12(19)9-5-8(14)3-4-10(9)13/h3-7H,14H2,1-2H3,(H,16,19). The number of anilines is 1. The predicted octanol–water partition coefficient (Wildman–Crippen LogP) is 1.03. The van der Waals surface area contributed by atoms with Gasteiger partial charge in [-0.15, -0.1) is 10.2 Å². The van der Waals surface area contributed by atoms with Crippen molar-refractivity contribution in [2.24, 2.45) is 7.05 Å². The highest BCUT2D eigenvalue weighted by Crippen LogP contribution is 2.14. The summed E-state index contributed by atoms with van der Waals surface area (Å²) in [6.45, 7) is 1.74. The third-order valence-electron chi connectivity index (χ3n) is 2.72. The molecule has 1 aromatic heterocycles. The number of rotatable bonds is 3. The summed E-state index contributed by atoms with van der Waals surface area (Å²) >= 11 is 0. The summed E-state index contributed by atoms with van der Waals surface area (Å²) in [4.78, 5) is 12.0. The molecule has 1 amide bonds. The number of aryl methyl sites for hydroxylation is 1. The van der Waals surface area contributed by atoms with Crippen molar-refractivity contribution in [3.63, 3.8) is 0 Å². The van der Waals surface area contributed by atoms with E-state index in [-0.39, 0.29) is 11.6 Å². The van der Waals surface area contributed by atoms with Crippen molar-refractivity contribution in [2.45, 2.75) is 13.0 Å². The first kappa shape index (κ1) is 13.0. The highest BCUT2D eigenvalue weighted by atomic mass is 19.1. The number of carbonyl (C=O) groups excluding carboxylic acids is 1. The third kappa shape index (κ3) is 2.70. The van der Waals surface area contributed by atoms with Gasteiger partial charge in [-0.2, -0.15) is 0 Å². The van der Waals surface area contributed by atoms with Crippen LogP contribution in [0.25, 0.3) is 0 Å². The van der Waals surface area contributed by atoms with Crippen LogP contribution in [0, 0.1) is 5.82 Å². The SMILES string of the molecule is CC(NC(=O)c1cc(N)ccc1F)c1nncn1C. The van der Waals surface area contributed by atoms with Crippen LogP contribution in [0.15, 0.2) is 24.5 Å². The number of nitrogens with zero attached hydrogens (tertiary/aromatic N) is 3. The Morgan fingerprint density at radius 3 is 2.89 bits per heavy atom. The topological polar surface area (TPSA) is 85.8 Å². The fourth-order valence-corrected chi connectivity index (χ4v) is 1.74. The lowest BCUT2D eigenvalue weighted by atomic mass is 10.1. The molecule has 6 nitrogen and oxygen atoms in total. The predicted molar refractivity (Wildman–Crippen MR) is 67.7 cm³/mol. The summed E-state index contributed by atoms with van der Waals surface area (Å²) in [6.07, 6.45) is 1.53. The van der Waals surface area contributed by atoms with Crippen LogP contribution in [0.3, 0.4) is 0 Å². The lowest BCUT2D eigenvalue weighted by Crippen LogP contribution is -2.29. The number of nitrogens with two attached hydrogens (primary N) is 1. The van der Waals surface area contributed by atoms with E-state index < -0.39 is 11.7 Å². The number of hydrogen-bond acceptors (Lipinski definition) is 4. The summed E-state index contributed by atoms with van der Waals surface area (Å²) in [6, 6.07) is 3.48. The van der Waals surface area contributed by atoms with Gasteiger partial charge in [-0.1, -0.05) is 0 Å². The van der Waals surface area contributed by atoms with Crippen molar-refractivity contribution >= 4 is 11.6 Å². The molecule has 1 atom stereocenters. The molecule has 1 unspecified atom stereocenters.